The highest BCUT2D eigenvalue weighted by molar-refractivity contribution is 5.94. The van der Waals surface area contributed by atoms with Crippen molar-refractivity contribution in [2.75, 3.05) is 13.6 Å². The summed E-state index contributed by atoms with van der Waals surface area (Å²) in [6, 6.07) is 6.60. The first kappa shape index (κ1) is 12.6. The van der Waals surface area contributed by atoms with Gasteiger partial charge in [-0.25, -0.2) is 0 Å². The smallest absolute Gasteiger partial charge is 0.122 e. The monoisotopic (exact) mass is 223 g/mol. The van der Waals surface area contributed by atoms with E-state index in [1.807, 2.05) is 0 Å². The van der Waals surface area contributed by atoms with Gasteiger partial charge in [-0.05, 0) is 12.6 Å². The summed E-state index contributed by atoms with van der Waals surface area (Å²) in [6.45, 7) is 0.315. The highest BCUT2D eigenvalue weighted by atomic mass is 16.3. The molecule has 1 aromatic carbocycles. The molecule has 88 valence electrons. The maximum absolute atomic E-state index is 9.77. The molecule has 0 heterocycles. The molecule has 1 rings (SSSR count). The second-order valence-electron chi connectivity index (χ2n) is 3.61. The molecule has 0 aliphatic carbocycles. The maximum atomic E-state index is 9.77. The van der Waals surface area contributed by atoms with Crippen LogP contribution in [0.15, 0.2) is 24.3 Å². The Hall–Kier alpha value is -1.43. The Morgan fingerprint density at radius 1 is 1.38 bits per heavy atom. The molecule has 2 atom stereocenters. The molecule has 0 radical (unpaired) electrons. The minimum Gasteiger partial charge on any atom is -0.389 e. The molecule has 0 bridgehead atoms. The molecule has 5 heteroatoms. The van der Waals surface area contributed by atoms with E-state index in [0.29, 0.717) is 17.7 Å². The zero-order valence-corrected chi connectivity index (χ0v) is 9.14. The number of nitrogens with two attached hydrogens (primary N) is 1. The predicted molar refractivity (Wildman–Crippen MR) is 62.4 cm³/mol. The molecular weight excluding hydrogens is 206 g/mol. The fourth-order valence-corrected chi connectivity index (χ4v) is 1.40. The van der Waals surface area contributed by atoms with Crippen molar-refractivity contribution in [1.82, 2.24) is 5.32 Å². The van der Waals surface area contributed by atoms with Crippen LogP contribution < -0.4 is 11.1 Å². The normalized spacial score (nSPS) is 14.4. The Balaban J connectivity index is 2.77. The van der Waals surface area contributed by atoms with Crippen LogP contribution in [-0.4, -0.2) is 35.7 Å². The molecule has 0 spiro atoms. The zero-order valence-electron chi connectivity index (χ0n) is 9.14. The minimum atomic E-state index is -0.937. The van der Waals surface area contributed by atoms with Crippen LogP contribution >= 0.6 is 0 Å². The third-order valence-electron chi connectivity index (χ3n) is 2.34. The molecule has 2 unspecified atom stereocenters. The molecule has 0 amide bonds. The fourth-order valence-electron chi connectivity index (χ4n) is 1.40. The third-order valence-corrected chi connectivity index (χ3v) is 2.34. The summed E-state index contributed by atoms with van der Waals surface area (Å²) in [4.78, 5) is 0. The first-order chi connectivity index (χ1) is 7.56. The number of nitrogen functional groups attached to an aromatic ring is 1. The fraction of sp³-hybridized carbons (Fsp3) is 0.364. The second kappa shape index (κ2) is 5.60. The van der Waals surface area contributed by atoms with Gasteiger partial charge in [-0.3, -0.25) is 5.41 Å². The SMILES string of the molecule is CNCC(O)C(O)c1ccc(C(=N)N)cc1. The van der Waals surface area contributed by atoms with Gasteiger partial charge in [-0.1, -0.05) is 24.3 Å². The Morgan fingerprint density at radius 3 is 2.38 bits per heavy atom. The van der Waals surface area contributed by atoms with E-state index >= 15 is 0 Å². The lowest BCUT2D eigenvalue weighted by atomic mass is 10.0. The van der Waals surface area contributed by atoms with Crippen LogP contribution in [-0.2, 0) is 0 Å². The molecule has 5 nitrogen and oxygen atoms in total. The van der Waals surface area contributed by atoms with Crippen molar-refractivity contribution >= 4 is 5.84 Å². The van der Waals surface area contributed by atoms with Gasteiger partial charge in [0.25, 0.3) is 0 Å². The predicted octanol–water partition coefficient (Wildman–Crippen LogP) is -0.416. The average molecular weight is 223 g/mol. The molecule has 6 N–H and O–H groups in total. The number of hydrogen-bond acceptors (Lipinski definition) is 4. The first-order valence-electron chi connectivity index (χ1n) is 5.01. The summed E-state index contributed by atoms with van der Waals surface area (Å²) in [5.74, 6) is -0.0168. The van der Waals surface area contributed by atoms with Gasteiger partial charge < -0.3 is 21.3 Å². The van der Waals surface area contributed by atoms with Crippen molar-refractivity contribution in [2.24, 2.45) is 5.73 Å². The average Bonchev–Trinajstić information content (AvgIpc) is 2.28. The quantitative estimate of drug-likeness (QED) is 0.346. The summed E-state index contributed by atoms with van der Waals surface area (Å²) in [5, 5.41) is 29.3. The Bertz CT molecular complexity index is 351. The number of nitrogens with one attached hydrogen (secondary N) is 2. The van der Waals surface area contributed by atoms with Crippen LogP contribution in [0.4, 0.5) is 0 Å². The van der Waals surface area contributed by atoms with Crippen LogP contribution in [0.5, 0.6) is 0 Å². The highest BCUT2D eigenvalue weighted by Gasteiger charge is 2.17. The standard InChI is InChI=1S/C11H17N3O2/c1-14-6-9(15)10(16)7-2-4-8(5-3-7)11(12)13/h2-5,9-10,14-16H,6H2,1H3,(H3,12,13). The van der Waals surface area contributed by atoms with E-state index in [1.165, 1.54) is 0 Å². The van der Waals surface area contributed by atoms with Crippen molar-refractivity contribution in [3.05, 3.63) is 35.4 Å². The van der Waals surface area contributed by atoms with Gasteiger partial charge in [0, 0.05) is 12.1 Å². The van der Waals surface area contributed by atoms with E-state index in [1.54, 1.807) is 31.3 Å². The minimum absolute atomic E-state index is 0.0168. The summed E-state index contributed by atoms with van der Waals surface area (Å²) in [6.07, 6.45) is -1.79. The van der Waals surface area contributed by atoms with Gasteiger partial charge in [0.15, 0.2) is 0 Å². The number of amidine groups is 1. The largest absolute Gasteiger partial charge is 0.389 e. The maximum Gasteiger partial charge on any atom is 0.122 e. The van der Waals surface area contributed by atoms with Gasteiger partial charge in [0.2, 0.25) is 0 Å². The number of hydrogen-bond donors (Lipinski definition) is 5. The van der Waals surface area contributed by atoms with Crippen LogP contribution in [0.25, 0.3) is 0 Å². The summed E-state index contributed by atoms with van der Waals surface area (Å²) in [5.41, 5.74) is 6.51. The molecule has 0 aromatic heterocycles. The highest BCUT2D eigenvalue weighted by Crippen LogP contribution is 2.17. The molecule has 0 fully saturated rings. The van der Waals surface area contributed by atoms with E-state index < -0.39 is 12.2 Å². The van der Waals surface area contributed by atoms with Gasteiger partial charge in [-0.15, -0.1) is 0 Å². The van der Waals surface area contributed by atoms with Crippen LogP contribution in [0.1, 0.15) is 17.2 Å². The molecular formula is C11H17N3O2. The van der Waals surface area contributed by atoms with Gasteiger partial charge >= 0.3 is 0 Å². The summed E-state index contributed by atoms with van der Waals surface area (Å²) in [7, 11) is 1.70. The Labute approximate surface area is 94.4 Å². The Morgan fingerprint density at radius 2 is 1.94 bits per heavy atom. The summed E-state index contributed by atoms with van der Waals surface area (Å²) < 4.78 is 0. The lowest BCUT2D eigenvalue weighted by molar-refractivity contribution is 0.0202. The van der Waals surface area contributed by atoms with Crippen molar-refractivity contribution in [3.63, 3.8) is 0 Å². The number of likely N-dealkylation sites (N-methyl/N-ethyl adjacent to an activating group) is 1. The topological polar surface area (TPSA) is 102 Å². The van der Waals surface area contributed by atoms with E-state index in [9.17, 15) is 10.2 Å². The van der Waals surface area contributed by atoms with Crippen LogP contribution in [0.2, 0.25) is 0 Å². The first-order valence-corrected chi connectivity index (χ1v) is 5.01. The zero-order chi connectivity index (χ0) is 12.1. The summed E-state index contributed by atoms with van der Waals surface area (Å²) >= 11 is 0. The molecule has 1 aromatic rings. The van der Waals surface area contributed by atoms with Crippen LogP contribution in [0, 0.1) is 5.41 Å². The van der Waals surface area contributed by atoms with E-state index in [-0.39, 0.29) is 5.84 Å². The number of aliphatic hydroxyl groups excluding tert-OH is 2. The van der Waals surface area contributed by atoms with Gasteiger partial charge in [0.1, 0.15) is 11.9 Å². The van der Waals surface area contributed by atoms with E-state index in [2.05, 4.69) is 5.32 Å². The Kier molecular flexibility index (Phi) is 4.42. The van der Waals surface area contributed by atoms with Gasteiger partial charge in [0.05, 0.1) is 6.10 Å². The van der Waals surface area contributed by atoms with Crippen LogP contribution in [0.3, 0.4) is 0 Å². The van der Waals surface area contributed by atoms with Crippen molar-refractivity contribution in [1.29, 1.82) is 5.41 Å². The van der Waals surface area contributed by atoms with E-state index in [4.69, 9.17) is 11.1 Å². The lowest BCUT2D eigenvalue weighted by Gasteiger charge is -2.17. The molecule has 0 aliphatic rings. The number of aliphatic hydroxyl groups is 2. The molecule has 0 aliphatic heterocycles. The molecule has 0 saturated carbocycles. The van der Waals surface area contributed by atoms with Crippen molar-refractivity contribution < 1.29 is 10.2 Å². The number of rotatable bonds is 5. The van der Waals surface area contributed by atoms with Crippen molar-refractivity contribution in [2.45, 2.75) is 12.2 Å². The second-order valence-corrected chi connectivity index (χ2v) is 3.61. The third kappa shape index (κ3) is 3.03. The molecule has 16 heavy (non-hydrogen) atoms. The number of benzene rings is 1. The van der Waals surface area contributed by atoms with Gasteiger partial charge in [-0.2, -0.15) is 0 Å². The van der Waals surface area contributed by atoms with E-state index in [0.717, 1.165) is 0 Å². The molecule has 0 saturated heterocycles. The van der Waals surface area contributed by atoms with Crippen molar-refractivity contribution in [3.8, 4) is 0 Å². The lowest BCUT2D eigenvalue weighted by Crippen LogP contribution is -2.29.